The second-order valence-corrected chi connectivity index (χ2v) is 13.8. The summed E-state index contributed by atoms with van der Waals surface area (Å²) in [5.41, 5.74) is 18.0. The monoisotopic (exact) mass is 697 g/mol. The SMILES string of the molecule is N/C(=N\C(=N/Cc1ccc(-c2ccccc2)cc1)c1ccccc1)C1=CCCc2oc3cccc(-c4ccc5oc6cc7ccccc7cc6c5c4)c3c21. The number of hydrogen-bond donors (Lipinski definition) is 1. The summed E-state index contributed by atoms with van der Waals surface area (Å²) in [4.78, 5) is 10.1. The van der Waals surface area contributed by atoms with Crippen LogP contribution in [0.4, 0.5) is 0 Å². The largest absolute Gasteiger partial charge is 0.460 e. The van der Waals surface area contributed by atoms with Crippen molar-refractivity contribution in [2.45, 2.75) is 19.4 Å². The minimum Gasteiger partial charge on any atom is -0.460 e. The van der Waals surface area contributed by atoms with Gasteiger partial charge < -0.3 is 14.6 Å². The van der Waals surface area contributed by atoms with E-state index in [4.69, 9.17) is 24.6 Å². The third kappa shape index (κ3) is 5.67. The summed E-state index contributed by atoms with van der Waals surface area (Å²) in [6.45, 7) is 0.472. The molecule has 0 atom stereocenters. The lowest BCUT2D eigenvalue weighted by molar-refractivity contribution is 0.546. The minimum atomic E-state index is 0.415. The standard InChI is InChI=1S/C49H35N3O2/c50-48(52-49(34-13-5-2-6-14-34)51-30-31-21-23-33(24-22-31)32-11-3-1-4-12-32)39-18-10-20-44-47(39)46-38(17-9-19-43(46)54-44)37-25-26-42-40(28-37)41-27-35-15-7-8-16-36(35)29-45(41)53-42/h1-9,11-19,21-29H,10,20,30H2,(H2,50,51,52). The maximum Gasteiger partial charge on any atom is 0.157 e. The molecule has 5 nitrogen and oxygen atoms in total. The van der Waals surface area contributed by atoms with Crippen molar-refractivity contribution >= 4 is 60.9 Å². The lowest BCUT2D eigenvalue weighted by Crippen LogP contribution is -2.19. The summed E-state index contributed by atoms with van der Waals surface area (Å²) < 4.78 is 12.9. The van der Waals surface area contributed by atoms with Gasteiger partial charge in [-0.3, -0.25) is 4.99 Å². The summed E-state index contributed by atoms with van der Waals surface area (Å²) >= 11 is 0. The number of fused-ring (bicyclic) bond motifs is 7. The fourth-order valence-corrected chi connectivity index (χ4v) is 7.76. The second kappa shape index (κ2) is 13.2. The fraction of sp³-hybridized carbons (Fsp3) is 0.0612. The van der Waals surface area contributed by atoms with E-state index in [1.54, 1.807) is 0 Å². The van der Waals surface area contributed by atoms with Gasteiger partial charge >= 0.3 is 0 Å². The van der Waals surface area contributed by atoms with Crippen molar-refractivity contribution in [2.75, 3.05) is 0 Å². The highest BCUT2D eigenvalue weighted by Crippen LogP contribution is 2.43. The van der Waals surface area contributed by atoms with Gasteiger partial charge in [0.2, 0.25) is 0 Å². The molecule has 0 radical (unpaired) electrons. The highest BCUT2D eigenvalue weighted by molar-refractivity contribution is 6.29. The molecule has 0 spiro atoms. The van der Waals surface area contributed by atoms with Crippen LogP contribution in [0, 0.1) is 0 Å². The third-order valence-corrected chi connectivity index (χ3v) is 10.4. The Morgan fingerprint density at radius 2 is 1.30 bits per heavy atom. The van der Waals surface area contributed by atoms with Crippen LogP contribution in [0.15, 0.2) is 183 Å². The molecule has 0 saturated carbocycles. The maximum absolute atomic E-state index is 7.01. The van der Waals surface area contributed by atoms with Crippen LogP contribution in [-0.4, -0.2) is 11.7 Å². The lowest BCUT2D eigenvalue weighted by atomic mass is 9.89. The normalized spacial score (nSPS) is 13.5. The van der Waals surface area contributed by atoms with E-state index >= 15 is 0 Å². The topological polar surface area (TPSA) is 77.0 Å². The fourth-order valence-electron chi connectivity index (χ4n) is 7.76. The summed E-state index contributed by atoms with van der Waals surface area (Å²) in [5.74, 6) is 1.93. The number of allylic oxidation sites excluding steroid dienone is 1. The number of aryl methyl sites for hydroxylation is 1. The zero-order chi connectivity index (χ0) is 36.0. The van der Waals surface area contributed by atoms with Crippen LogP contribution in [-0.2, 0) is 13.0 Å². The molecule has 0 aliphatic heterocycles. The molecule has 0 unspecified atom stereocenters. The molecule has 5 heteroatoms. The van der Waals surface area contributed by atoms with Gasteiger partial charge in [-0.1, -0.05) is 133 Å². The Bertz CT molecular complexity index is 2950. The molecule has 2 heterocycles. The van der Waals surface area contributed by atoms with Gasteiger partial charge in [-0.05, 0) is 75.3 Å². The van der Waals surface area contributed by atoms with Crippen molar-refractivity contribution in [1.82, 2.24) is 0 Å². The summed E-state index contributed by atoms with van der Waals surface area (Å²) in [6.07, 6.45) is 3.78. The molecule has 0 fully saturated rings. The van der Waals surface area contributed by atoms with Crippen molar-refractivity contribution in [1.29, 1.82) is 0 Å². The summed E-state index contributed by atoms with van der Waals surface area (Å²) in [5, 5.41) is 5.57. The molecule has 1 aliphatic rings. The molecular formula is C49H35N3O2. The van der Waals surface area contributed by atoms with Crippen LogP contribution in [0.2, 0.25) is 0 Å². The molecular weight excluding hydrogens is 663 g/mol. The zero-order valence-corrected chi connectivity index (χ0v) is 29.5. The lowest BCUT2D eigenvalue weighted by Gasteiger charge is -2.15. The van der Waals surface area contributed by atoms with Gasteiger partial charge in [0.1, 0.15) is 28.3 Å². The average molecular weight is 698 g/mol. The number of hydrogen-bond acceptors (Lipinski definition) is 3. The first-order valence-electron chi connectivity index (χ1n) is 18.4. The molecule has 54 heavy (non-hydrogen) atoms. The number of benzene rings is 7. The van der Waals surface area contributed by atoms with Gasteiger partial charge in [0, 0.05) is 39.3 Å². The van der Waals surface area contributed by atoms with Gasteiger partial charge in [-0.25, -0.2) is 4.99 Å². The molecule has 0 bridgehead atoms. The first-order chi connectivity index (χ1) is 26.7. The molecule has 7 aromatic carbocycles. The number of aliphatic imine (C=N–C) groups is 2. The van der Waals surface area contributed by atoms with Gasteiger partial charge in [0.05, 0.1) is 6.54 Å². The Hall–Kier alpha value is -6.98. The van der Waals surface area contributed by atoms with E-state index in [2.05, 4.69) is 121 Å². The molecule has 0 amide bonds. The van der Waals surface area contributed by atoms with Crippen LogP contribution in [0.1, 0.15) is 28.9 Å². The molecule has 1 aliphatic carbocycles. The van der Waals surface area contributed by atoms with Crippen molar-refractivity contribution < 1.29 is 8.83 Å². The average Bonchev–Trinajstić information content (AvgIpc) is 3.80. The maximum atomic E-state index is 7.01. The Labute approximate surface area is 312 Å². The van der Waals surface area contributed by atoms with Crippen molar-refractivity contribution in [3.05, 3.63) is 186 Å². The van der Waals surface area contributed by atoms with Gasteiger partial charge in [-0.15, -0.1) is 0 Å². The predicted molar refractivity (Wildman–Crippen MR) is 223 cm³/mol. The van der Waals surface area contributed by atoms with Crippen LogP contribution in [0.5, 0.6) is 0 Å². The zero-order valence-electron chi connectivity index (χ0n) is 29.5. The molecule has 9 aromatic rings. The van der Waals surface area contributed by atoms with E-state index in [1.165, 1.54) is 16.5 Å². The van der Waals surface area contributed by atoms with Crippen LogP contribution >= 0.6 is 0 Å². The van der Waals surface area contributed by atoms with Gasteiger partial charge in [0.25, 0.3) is 0 Å². The summed E-state index contributed by atoms with van der Waals surface area (Å²) in [7, 11) is 0. The Morgan fingerprint density at radius 3 is 2.11 bits per heavy atom. The van der Waals surface area contributed by atoms with Crippen LogP contribution in [0.25, 0.3) is 71.5 Å². The first-order valence-corrected chi connectivity index (χ1v) is 18.4. The molecule has 0 saturated heterocycles. The van der Waals surface area contributed by atoms with Gasteiger partial charge in [0.15, 0.2) is 5.84 Å². The van der Waals surface area contributed by atoms with Gasteiger partial charge in [-0.2, -0.15) is 0 Å². The molecule has 2 N–H and O–H groups in total. The highest BCUT2D eigenvalue weighted by atomic mass is 16.3. The van der Waals surface area contributed by atoms with E-state index in [0.717, 1.165) is 90.3 Å². The number of nitrogens with zero attached hydrogens (tertiary/aromatic N) is 2. The van der Waals surface area contributed by atoms with E-state index in [1.807, 2.05) is 42.5 Å². The van der Waals surface area contributed by atoms with Crippen LogP contribution < -0.4 is 5.73 Å². The Morgan fingerprint density at radius 1 is 0.593 bits per heavy atom. The smallest absolute Gasteiger partial charge is 0.157 e. The van der Waals surface area contributed by atoms with Crippen LogP contribution in [0.3, 0.4) is 0 Å². The second-order valence-electron chi connectivity index (χ2n) is 13.8. The number of amidine groups is 2. The highest BCUT2D eigenvalue weighted by Gasteiger charge is 2.26. The third-order valence-electron chi connectivity index (χ3n) is 10.4. The van der Waals surface area contributed by atoms with E-state index in [9.17, 15) is 0 Å². The Kier molecular flexibility index (Phi) is 7.76. The van der Waals surface area contributed by atoms with E-state index in [-0.39, 0.29) is 0 Å². The molecule has 258 valence electrons. The molecule has 10 rings (SSSR count). The quantitative estimate of drug-likeness (QED) is 0.139. The number of rotatable bonds is 6. The van der Waals surface area contributed by atoms with Crippen molar-refractivity contribution in [2.24, 2.45) is 15.7 Å². The van der Waals surface area contributed by atoms with Crippen molar-refractivity contribution in [3.8, 4) is 22.3 Å². The minimum absolute atomic E-state index is 0.415. The first kappa shape index (κ1) is 31.7. The van der Waals surface area contributed by atoms with E-state index < -0.39 is 0 Å². The molecule has 2 aromatic heterocycles. The predicted octanol–water partition coefficient (Wildman–Crippen LogP) is 12.2. The Balaban J connectivity index is 1.04. The van der Waals surface area contributed by atoms with E-state index in [0.29, 0.717) is 18.2 Å². The number of furan rings is 2. The summed E-state index contributed by atoms with van der Waals surface area (Å²) in [6, 6.07) is 54.5. The van der Waals surface area contributed by atoms with Crippen molar-refractivity contribution in [3.63, 3.8) is 0 Å². The number of nitrogens with two attached hydrogens (primary N) is 1.